The number of para-hydroxylation sites is 1. The molecule has 1 saturated carbocycles. The van der Waals surface area contributed by atoms with E-state index in [-0.39, 0.29) is 35.4 Å². The summed E-state index contributed by atoms with van der Waals surface area (Å²) in [7, 11) is 1.54. The first-order valence-corrected chi connectivity index (χ1v) is 17.7. The number of amides is 4. The number of rotatable bonds is 7. The van der Waals surface area contributed by atoms with Gasteiger partial charge in [-0.25, -0.2) is 0 Å². The maximum atomic E-state index is 15.4. The minimum Gasteiger partial charge on any atom is -0.507 e. The molecule has 3 aromatic carbocycles. The van der Waals surface area contributed by atoms with Crippen LogP contribution in [0.5, 0.6) is 11.5 Å². The molecule has 264 valence electrons. The molecule has 2 saturated heterocycles. The molecular formula is C40H39Cl2N3O6. The summed E-state index contributed by atoms with van der Waals surface area (Å²) in [6.45, 7) is 9.36. The van der Waals surface area contributed by atoms with Gasteiger partial charge in [0.15, 0.2) is 0 Å². The van der Waals surface area contributed by atoms with Gasteiger partial charge in [-0.1, -0.05) is 71.3 Å². The van der Waals surface area contributed by atoms with Crippen LogP contribution < -0.4 is 10.2 Å². The number of phenolic OH excluding ortho intramolecular Hbond substituents is 1. The number of imide groups is 2. The highest BCUT2D eigenvalue weighted by Gasteiger charge is 2.71. The lowest BCUT2D eigenvalue weighted by Crippen LogP contribution is -2.53. The number of aromatic hydroxyl groups is 1. The van der Waals surface area contributed by atoms with Crippen LogP contribution in [0.25, 0.3) is 0 Å². The number of hydrazine groups is 1. The van der Waals surface area contributed by atoms with E-state index >= 15 is 4.79 Å². The molecule has 6 atom stereocenters. The van der Waals surface area contributed by atoms with E-state index in [1.165, 1.54) is 11.0 Å². The number of hydrogen-bond donors (Lipinski definition) is 2. The number of methoxy groups -OCH3 is 1. The molecule has 6 unspecified atom stereocenters. The normalized spacial score (nSPS) is 27.2. The van der Waals surface area contributed by atoms with Gasteiger partial charge in [0.25, 0.3) is 11.8 Å². The third-order valence-corrected chi connectivity index (χ3v) is 11.6. The summed E-state index contributed by atoms with van der Waals surface area (Å²) in [5, 5.41) is 13.6. The molecule has 2 heterocycles. The largest absolute Gasteiger partial charge is 0.507 e. The van der Waals surface area contributed by atoms with Gasteiger partial charge in [0, 0.05) is 22.0 Å². The second-order valence-corrected chi connectivity index (χ2v) is 15.6. The third kappa shape index (κ3) is 5.19. The first-order valence-electron chi connectivity index (χ1n) is 17.0. The monoisotopic (exact) mass is 727 g/mol. The Balaban J connectivity index is 1.49. The Kier molecular flexibility index (Phi) is 8.58. The van der Waals surface area contributed by atoms with Crippen molar-refractivity contribution < 1.29 is 29.0 Å². The van der Waals surface area contributed by atoms with E-state index in [2.05, 4.69) is 12.0 Å². The second kappa shape index (κ2) is 12.6. The number of carbonyl (C=O) groups excluding carboxylic acids is 4. The standard InChI is InChI=1S/C40H39Cl2N3O6/c1-6-8-21-9-7-10-27(34(21)46)33-25-16-17-26-32(37(49)44(35(26)47)39(2,3)4)28(25)20-29-36(48)45(43-31-18-13-23(41)19-30(31)42)38(50)40(29,33)22-11-14-24(51-5)15-12-22/h6-7,9-16,18-19,26,28-29,32-33,43,46H,1,8,17,20H2,2-5H3. The van der Waals surface area contributed by atoms with Crippen LogP contribution >= 0.6 is 23.2 Å². The van der Waals surface area contributed by atoms with Gasteiger partial charge in [0.2, 0.25) is 11.8 Å². The quantitative estimate of drug-likeness (QED) is 0.195. The van der Waals surface area contributed by atoms with Crippen molar-refractivity contribution in [2.45, 2.75) is 56.9 Å². The van der Waals surface area contributed by atoms with Gasteiger partial charge >= 0.3 is 0 Å². The molecule has 9 nitrogen and oxygen atoms in total. The molecule has 2 aliphatic carbocycles. The molecule has 2 aliphatic heterocycles. The molecule has 2 N–H and O–H groups in total. The Bertz CT molecular complexity index is 2020. The number of allylic oxidation sites excluding steroid dienone is 3. The summed E-state index contributed by atoms with van der Waals surface area (Å²) in [4.78, 5) is 59.8. The van der Waals surface area contributed by atoms with Gasteiger partial charge in [0.05, 0.1) is 41.0 Å². The van der Waals surface area contributed by atoms with Crippen LogP contribution in [0, 0.1) is 23.7 Å². The number of nitrogens with one attached hydrogen (secondary N) is 1. The van der Waals surface area contributed by atoms with Gasteiger partial charge < -0.3 is 9.84 Å². The van der Waals surface area contributed by atoms with Crippen molar-refractivity contribution in [3.8, 4) is 11.5 Å². The van der Waals surface area contributed by atoms with Gasteiger partial charge in [-0.3, -0.25) is 29.5 Å². The molecule has 3 aromatic rings. The maximum absolute atomic E-state index is 15.4. The van der Waals surface area contributed by atoms with E-state index < -0.39 is 52.4 Å². The summed E-state index contributed by atoms with van der Waals surface area (Å²) in [6, 6.07) is 17.1. The van der Waals surface area contributed by atoms with Gasteiger partial charge in [0.1, 0.15) is 11.5 Å². The van der Waals surface area contributed by atoms with E-state index in [1.54, 1.807) is 61.7 Å². The van der Waals surface area contributed by atoms with Crippen LogP contribution in [0.1, 0.15) is 56.2 Å². The van der Waals surface area contributed by atoms with Crippen LogP contribution in [0.2, 0.25) is 10.0 Å². The molecular weight excluding hydrogens is 689 g/mol. The number of anilines is 1. The zero-order valence-corrected chi connectivity index (χ0v) is 30.3. The van der Waals surface area contributed by atoms with Crippen molar-refractivity contribution in [1.82, 2.24) is 9.91 Å². The van der Waals surface area contributed by atoms with Gasteiger partial charge in [-0.05, 0) is 87.4 Å². The Morgan fingerprint density at radius 2 is 1.73 bits per heavy atom. The molecule has 4 amide bonds. The van der Waals surface area contributed by atoms with Crippen molar-refractivity contribution in [3.63, 3.8) is 0 Å². The molecule has 0 radical (unpaired) electrons. The van der Waals surface area contributed by atoms with Crippen molar-refractivity contribution in [1.29, 1.82) is 0 Å². The average Bonchev–Trinajstić information content (AvgIpc) is 3.48. The minimum absolute atomic E-state index is 0.0183. The van der Waals surface area contributed by atoms with Crippen LogP contribution in [-0.2, 0) is 31.0 Å². The lowest BCUT2D eigenvalue weighted by molar-refractivity contribution is -0.146. The SMILES string of the molecule is C=CCc1cccc(C2C3=CCC4C(=O)N(C(C)(C)C)C(=O)C4C3CC3C(=O)N(Nc4ccc(Cl)cc4Cl)C(=O)C32c2ccc(OC)cc2)c1O. The summed E-state index contributed by atoms with van der Waals surface area (Å²) in [5.41, 5.74) is 3.31. The highest BCUT2D eigenvalue weighted by atomic mass is 35.5. The highest BCUT2D eigenvalue weighted by molar-refractivity contribution is 6.36. The van der Waals surface area contributed by atoms with Crippen molar-refractivity contribution >= 4 is 52.5 Å². The number of hydrogen-bond acceptors (Lipinski definition) is 7. The number of nitrogens with zero attached hydrogens (tertiary/aromatic N) is 2. The molecule has 0 spiro atoms. The fourth-order valence-corrected chi connectivity index (χ4v) is 9.46. The zero-order chi connectivity index (χ0) is 36.6. The lowest BCUT2D eigenvalue weighted by atomic mass is 9.49. The van der Waals surface area contributed by atoms with E-state index in [0.29, 0.717) is 39.6 Å². The summed E-state index contributed by atoms with van der Waals surface area (Å²) in [6.07, 6.45) is 4.42. The van der Waals surface area contributed by atoms with Crippen molar-refractivity contribution in [2.75, 3.05) is 12.5 Å². The third-order valence-electron chi connectivity index (χ3n) is 11.1. The summed E-state index contributed by atoms with van der Waals surface area (Å²) < 4.78 is 5.47. The number of carbonyl (C=O) groups is 4. The highest BCUT2D eigenvalue weighted by Crippen LogP contribution is 2.65. The molecule has 3 fully saturated rings. The van der Waals surface area contributed by atoms with Crippen LogP contribution in [-0.4, -0.2) is 51.3 Å². The topological polar surface area (TPSA) is 116 Å². The average molecular weight is 729 g/mol. The van der Waals surface area contributed by atoms with E-state index in [4.69, 9.17) is 27.9 Å². The molecule has 4 aliphatic rings. The molecule has 0 bridgehead atoms. The number of likely N-dealkylation sites (tertiary alicyclic amines) is 1. The van der Waals surface area contributed by atoms with Crippen LogP contribution in [0.4, 0.5) is 5.69 Å². The van der Waals surface area contributed by atoms with Gasteiger partial charge in [-0.2, -0.15) is 5.01 Å². The Morgan fingerprint density at radius 1 is 1.00 bits per heavy atom. The van der Waals surface area contributed by atoms with Gasteiger partial charge in [-0.15, -0.1) is 6.58 Å². The van der Waals surface area contributed by atoms with Crippen LogP contribution in [0.15, 0.2) is 85.0 Å². The van der Waals surface area contributed by atoms with Crippen molar-refractivity contribution in [2.24, 2.45) is 23.7 Å². The Hall–Kier alpha value is -4.60. The fraction of sp³-hybridized carbons (Fsp3) is 0.350. The molecule has 11 heteroatoms. The summed E-state index contributed by atoms with van der Waals surface area (Å²) in [5.74, 6) is -4.83. The van der Waals surface area contributed by atoms with Crippen molar-refractivity contribution in [3.05, 3.63) is 112 Å². The number of fused-ring (bicyclic) bond motifs is 4. The Morgan fingerprint density at radius 3 is 2.37 bits per heavy atom. The molecule has 51 heavy (non-hydrogen) atoms. The molecule has 7 rings (SSSR count). The van der Waals surface area contributed by atoms with E-state index in [1.807, 2.05) is 32.9 Å². The molecule has 0 aromatic heterocycles. The first-order chi connectivity index (χ1) is 24.2. The zero-order valence-electron chi connectivity index (χ0n) is 28.8. The van der Waals surface area contributed by atoms with Crippen LogP contribution in [0.3, 0.4) is 0 Å². The second-order valence-electron chi connectivity index (χ2n) is 14.7. The number of phenols is 1. The minimum atomic E-state index is -1.58. The first kappa shape index (κ1) is 34.8. The Labute approximate surface area is 306 Å². The van der Waals surface area contributed by atoms with E-state index in [0.717, 1.165) is 10.6 Å². The fourth-order valence-electron chi connectivity index (χ4n) is 9.01. The predicted molar refractivity (Wildman–Crippen MR) is 194 cm³/mol. The maximum Gasteiger partial charge on any atom is 0.260 e. The smallest absolute Gasteiger partial charge is 0.260 e. The number of benzene rings is 3. The number of ether oxygens (including phenoxy) is 1. The predicted octanol–water partition coefficient (Wildman–Crippen LogP) is 7.22. The lowest BCUT2D eigenvalue weighted by Gasteiger charge is -2.50. The van der Waals surface area contributed by atoms with E-state index in [9.17, 15) is 19.5 Å². The number of halogens is 2. The summed E-state index contributed by atoms with van der Waals surface area (Å²) >= 11 is 12.7.